The van der Waals surface area contributed by atoms with E-state index in [0.717, 1.165) is 24.2 Å². The van der Waals surface area contributed by atoms with Crippen molar-refractivity contribution in [2.75, 3.05) is 51.4 Å². The van der Waals surface area contributed by atoms with Crippen molar-refractivity contribution in [3.8, 4) is 0 Å². The topological polar surface area (TPSA) is 120 Å². The molecule has 3 rings (SSSR count). The van der Waals surface area contributed by atoms with Gasteiger partial charge in [0.15, 0.2) is 0 Å². The highest BCUT2D eigenvalue weighted by Crippen LogP contribution is 2.34. The van der Waals surface area contributed by atoms with Crippen molar-refractivity contribution >= 4 is 34.1 Å². The first-order valence-electron chi connectivity index (χ1n) is 9.69. The number of carbonyl (C=O) groups is 3. The molecule has 3 heterocycles. The average molecular weight is 426 g/mol. The number of esters is 1. The van der Waals surface area contributed by atoms with Crippen LogP contribution in [0.3, 0.4) is 0 Å². The smallest absolute Gasteiger partial charge is 0.341 e. The molecule has 0 unspecified atom stereocenters. The van der Waals surface area contributed by atoms with Crippen molar-refractivity contribution in [1.29, 1.82) is 0 Å². The molecular weight excluding hydrogens is 398 g/mol. The maximum Gasteiger partial charge on any atom is 0.341 e. The van der Waals surface area contributed by atoms with E-state index >= 15 is 0 Å². The Hall–Kier alpha value is -2.01. The quantitative estimate of drug-likeness (QED) is 0.656. The van der Waals surface area contributed by atoms with Crippen LogP contribution >= 0.6 is 11.3 Å². The summed E-state index contributed by atoms with van der Waals surface area (Å²) in [5.74, 6) is -1.50. The summed E-state index contributed by atoms with van der Waals surface area (Å²) in [4.78, 5) is 39.0. The summed E-state index contributed by atoms with van der Waals surface area (Å²) in [6.45, 7) is 6.85. The Balaban J connectivity index is 1.70. The van der Waals surface area contributed by atoms with E-state index in [-0.39, 0.29) is 40.1 Å². The number of ether oxygens (including phenoxy) is 3. The molecule has 2 aliphatic rings. The number of hydrogen-bond acceptors (Lipinski definition) is 8. The molecule has 160 valence electrons. The largest absolute Gasteiger partial charge is 0.462 e. The number of morpholine rings is 1. The molecule has 0 radical (unpaired) electrons. The van der Waals surface area contributed by atoms with Gasteiger partial charge in [0.05, 0.1) is 35.8 Å². The number of primary amides is 1. The van der Waals surface area contributed by atoms with E-state index in [1.165, 1.54) is 0 Å². The SMILES string of the molecule is CCOC(=O)c1c(NC(=O)CN2CCOC3(CCOCC3)C2)sc(C(N)=O)c1C. The first kappa shape index (κ1) is 21.7. The van der Waals surface area contributed by atoms with E-state index in [0.29, 0.717) is 38.5 Å². The van der Waals surface area contributed by atoms with E-state index in [9.17, 15) is 14.4 Å². The minimum absolute atomic E-state index is 0.164. The molecule has 0 atom stereocenters. The fourth-order valence-electron chi connectivity index (χ4n) is 3.76. The molecular formula is C19H27N3O6S. The second-order valence-electron chi connectivity index (χ2n) is 7.25. The molecule has 10 heteroatoms. The molecule has 2 aliphatic heterocycles. The van der Waals surface area contributed by atoms with Crippen molar-refractivity contribution in [3.05, 3.63) is 16.0 Å². The van der Waals surface area contributed by atoms with E-state index < -0.39 is 11.9 Å². The molecule has 1 aromatic rings. The van der Waals surface area contributed by atoms with Gasteiger partial charge in [0, 0.05) is 39.1 Å². The van der Waals surface area contributed by atoms with Gasteiger partial charge in [-0.05, 0) is 19.4 Å². The maximum absolute atomic E-state index is 12.7. The highest BCUT2D eigenvalue weighted by molar-refractivity contribution is 7.18. The number of nitrogens with one attached hydrogen (secondary N) is 1. The van der Waals surface area contributed by atoms with Crippen LogP contribution in [0.2, 0.25) is 0 Å². The summed E-state index contributed by atoms with van der Waals surface area (Å²) in [7, 11) is 0. The van der Waals surface area contributed by atoms with Gasteiger partial charge in [0.2, 0.25) is 5.91 Å². The number of anilines is 1. The van der Waals surface area contributed by atoms with Crippen LogP contribution in [0.5, 0.6) is 0 Å². The second-order valence-corrected chi connectivity index (χ2v) is 8.27. The molecule has 0 aromatic carbocycles. The number of carbonyl (C=O) groups excluding carboxylic acids is 3. The summed E-state index contributed by atoms with van der Waals surface area (Å²) in [5.41, 5.74) is 5.75. The fraction of sp³-hybridized carbons (Fsp3) is 0.632. The third-order valence-electron chi connectivity index (χ3n) is 5.20. The van der Waals surface area contributed by atoms with Gasteiger partial charge in [-0.25, -0.2) is 4.79 Å². The summed E-state index contributed by atoms with van der Waals surface area (Å²) in [5, 5.41) is 3.05. The first-order chi connectivity index (χ1) is 13.8. The number of rotatable bonds is 6. The fourth-order valence-corrected chi connectivity index (χ4v) is 4.82. The molecule has 1 aromatic heterocycles. The first-order valence-corrected chi connectivity index (χ1v) is 10.5. The monoisotopic (exact) mass is 425 g/mol. The highest BCUT2D eigenvalue weighted by atomic mass is 32.1. The van der Waals surface area contributed by atoms with Crippen LogP contribution in [0.25, 0.3) is 0 Å². The van der Waals surface area contributed by atoms with Crippen molar-refractivity contribution < 1.29 is 28.6 Å². The summed E-state index contributed by atoms with van der Waals surface area (Å²) >= 11 is 0.993. The van der Waals surface area contributed by atoms with E-state index in [1.54, 1.807) is 13.8 Å². The minimum Gasteiger partial charge on any atom is -0.462 e. The predicted molar refractivity (Wildman–Crippen MR) is 107 cm³/mol. The van der Waals surface area contributed by atoms with Crippen molar-refractivity contribution in [2.24, 2.45) is 5.73 Å². The molecule has 0 bridgehead atoms. The number of nitrogens with zero attached hydrogens (tertiary/aromatic N) is 1. The molecule has 0 saturated carbocycles. The number of hydrogen-bond donors (Lipinski definition) is 2. The van der Waals surface area contributed by atoms with Crippen LogP contribution in [0, 0.1) is 6.92 Å². The van der Waals surface area contributed by atoms with Crippen LogP contribution < -0.4 is 11.1 Å². The second kappa shape index (κ2) is 9.21. The lowest BCUT2D eigenvalue weighted by atomic mass is 9.92. The van der Waals surface area contributed by atoms with Gasteiger partial charge in [-0.2, -0.15) is 0 Å². The Bertz CT molecular complexity index is 782. The molecule has 2 amide bonds. The van der Waals surface area contributed by atoms with E-state index in [4.69, 9.17) is 19.9 Å². The predicted octanol–water partition coefficient (Wildman–Crippen LogP) is 1.15. The normalized spacial score (nSPS) is 19.1. The summed E-state index contributed by atoms with van der Waals surface area (Å²) in [6.07, 6.45) is 1.62. The third kappa shape index (κ3) is 4.95. The minimum atomic E-state index is -0.645. The van der Waals surface area contributed by atoms with Crippen LogP contribution in [-0.4, -0.2) is 74.3 Å². The van der Waals surface area contributed by atoms with Gasteiger partial charge in [-0.1, -0.05) is 0 Å². The van der Waals surface area contributed by atoms with Crippen molar-refractivity contribution in [2.45, 2.75) is 32.3 Å². The van der Waals surface area contributed by atoms with Gasteiger partial charge < -0.3 is 25.3 Å². The molecule has 9 nitrogen and oxygen atoms in total. The average Bonchev–Trinajstić information content (AvgIpc) is 2.98. The van der Waals surface area contributed by atoms with Gasteiger partial charge in [-0.15, -0.1) is 11.3 Å². The summed E-state index contributed by atoms with van der Waals surface area (Å²) in [6, 6.07) is 0. The van der Waals surface area contributed by atoms with Crippen molar-refractivity contribution in [3.63, 3.8) is 0 Å². The number of nitrogens with two attached hydrogens (primary N) is 1. The zero-order chi connectivity index (χ0) is 21.0. The molecule has 29 heavy (non-hydrogen) atoms. The Labute approximate surface area is 173 Å². The molecule has 2 fully saturated rings. The number of thiophene rings is 1. The van der Waals surface area contributed by atoms with Crippen LogP contribution in [0.1, 0.15) is 45.4 Å². The summed E-state index contributed by atoms with van der Waals surface area (Å²) < 4.78 is 16.5. The maximum atomic E-state index is 12.7. The van der Waals surface area contributed by atoms with Gasteiger partial charge >= 0.3 is 5.97 Å². The lowest BCUT2D eigenvalue weighted by Crippen LogP contribution is -2.55. The molecule has 2 saturated heterocycles. The lowest BCUT2D eigenvalue weighted by Gasteiger charge is -2.44. The molecule has 3 N–H and O–H groups in total. The van der Waals surface area contributed by atoms with E-state index in [1.807, 2.05) is 4.90 Å². The Morgan fingerprint density at radius 1 is 1.28 bits per heavy atom. The Morgan fingerprint density at radius 3 is 2.66 bits per heavy atom. The van der Waals surface area contributed by atoms with Crippen LogP contribution in [0.15, 0.2) is 0 Å². The molecule has 0 aliphatic carbocycles. The number of amides is 2. The van der Waals surface area contributed by atoms with Gasteiger partial charge in [0.1, 0.15) is 5.00 Å². The lowest BCUT2D eigenvalue weighted by molar-refractivity contribution is -0.155. The zero-order valence-corrected chi connectivity index (χ0v) is 17.6. The van der Waals surface area contributed by atoms with E-state index in [2.05, 4.69) is 5.32 Å². The third-order valence-corrected chi connectivity index (χ3v) is 6.42. The molecule has 1 spiro atoms. The highest BCUT2D eigenvalue weighted by Gasteiger charge is 2.38. The van der Waals surface area contributed by atoms with Gasteiger partial charge in [-0.3, -0.25) is 14.5 Å². The van der Waals surface area contributed by atoms with Crippen LogP contribution in [-0.2, 0) is 19.0 Å². The Morgan fingerprint density at radius 2 is 2.00 bits per heavy atom. The van der Waals surface area contributed by atoms with Crippen LogP contribution in [0.4, 0.5) is 5.00 Å². The van der Waals surface area contributed by atoms with Gasteiger partial charge in [0.25, 0.3) is 5.91 Å². The standard InChI is InChI=1S/C19H27N3O6S/c1-3-27-18(25)14-12(2)15(16(20)24)29-17(14)21-13(23)10-22-6-9-28-19(11-22)4-7-26-8-5-19/h3-11H2,1-2H3,(H2,20,24)(H,21,23). The Kier molecular flexibility index (Phi) is 6.89. The zero-order valence-electron chi connectivity index (χ0n) is 16.7. The van der Waals surface area contributed by atoms with Crippen molar-refractivity contribution in [1.82, 2.24) is 4.90 Å².